The number of esters is 1. The number of carbonyl (C=O) groups is 2. The van der Waals surface area contributed by atoms with Crippen LogP contribution in [0, 0.1) is 5.92 Å². The minimum Gasteiger partial charge on any atom is -0.460 e. The van der Waals surface area contributed by atoms with Gasteiger partial charge in [0.15, 0.2) is 0 Å². The third-order valence-corrected chi connectivity index (χ3v) is 3.65. The first kappa shape index (κ1) is 22.0. The van der Waals surface area contributed by atoms with Gasteiger partial charge in [-0.1, -0.05) is 79.0 Å². The Hall–Kier alpha value is -1.01. The van der Waals surface area contributed by atoms with Gasteiger partial charge in [0.25, 0.3) is 0 Å². The molecule has 0 aliphatic heterocycles. The molecule has 25 heavy (non-hydrogen) atoms. The highest BCUT2D eigenvalue weighted by Crippen LogP contribution is 2.26. The maximum atomic E-state index is 12.3. The number of rotatable bonds is 8. The first-order valence-electron chi connectivity index (χ1n) is 7.91. The average molecular weight is 410 g/mol. The minimum atomic E-state index is -1.72. The van der Waals surface area contributed by atoms with Crippen LogP contribution in [-0.4, -0.2) is 34.4 Å². The summed E-state index contributed by atoms with van der Waals surface area (Å²) >= 11 is 16.8. The second-order valence-corrected chi connectivity index (χ2v) is 8.73. The maximum Gasteiger partial charge on any atom is 0.329 e. The molecule has 1 amide bonds. The molecule has 0 aliphatic carbocycles. The molecule has 0 radical (unpaired) electrons. The molecule has 0 unspecified atom stereocenters. The number of hydrogen-bond acceptors (Lipinski definition) is 4. The molecule has 0 saturated carbocycles. The van der Waals surface area contributed by atoms with Crippen LogP contribution in [0.15, 0.2) is 30.3 Å². The van der Waals surface area contributed by atoms with Crippen LogP contribution in [-0.2, 0) is 20.7 Å². The third-order valence-electron chi connectivity index (χ3n) is 3.32. The van der Waals surface area contributed by atoms with Crippen molar-refractivity contribution in [3.63, 3.8) is 0 Å². The van der Waals surface area contributed by atoms with E-state index < -0.39 is 34.4 Å². The molecule has 3 N–H and O–H groups in total. The fourth-order valence-electron chi connectivity index (χ4n) is 2.19. The van der Waals surface area contributed by atoms with Crippen LogP contribution in [0.2, 0.25) is 0 Å². The number of nitrogens with one attached hydrogen (secondary N) is 1. The van der Waals surface area contributed by atoms with Crippen LogP contribution in [0.1, 0.15) is 25.8 Å². The van der Waals surface area contributed by atoms with E-state index >= 15 is 0 Å². The molecule has 1 aromatic rings. The quantitative estimate of drug-likeness (QED) is 0.511. The van der Waals surface area contributed by atoms with Gasteiger partial charge in [-0.3, -0.25) is 4.79 Å². The second-order valence-electron chi connectivity index (χ2n) is 6.21. The summed E-state index contributed by atoms with van der Waals surface area (Å²) < 4.78 is 3.29. The number of ether oxygens (including phenoxy) is 1. The van der Waals surface area contributed by atoms with Crippen molar-refractivity contribution in [3.05, 3.63) is 35.9 Å². The second kappa shape index (κ2) is 10.2. The zero-order valence-electron chi connectivity index (χ0n) is 14.2. The summed E-state index contributed by atoms with van der Waals surface area (Å²) in [5.41, 5.74) is 6.73. The Labute approximate surface area is 163 Å². The number of alkyl halides is 3. The molecule has 1 rings (SSSR count). The lowest BCUT2D eigenvalue weighted by Crippen LogP contribution is -2.50. The van der Waals surface area contributed by atoms with Crippen LogP contribution in [0.3, 0.4) is 0 Å². The molecular formula is C17H23Cl3N2O3. The number of halogens is 3. The van der Waals surface area contributed by atoms with Gasteiger partial charge < -0.3 is 15.8 Å². The monoisotopic (exact) mass is 408 g/mol. The molecule has 0 aromatic heterocycles. The molecule has 0 heterocycles. The van der Waals surface area contributed by atoms with Crippen molar-refractivity contribution >= 4 is 46.7 Å². The van der Waals surface area contributed by atoms with Gasteiger partial charge >= 0.3 is 5.97 Å². The molecule has 0 saturated heterocycles. The van der Waals surface area contributed by atoms with Crippen molar-refractivity contribution < 1.29 is 14.3 Å². The van der Waals surface area contributed by atoms with Crippen molar-refractivity contribution in [1.82, 2.24) is 5.32 Å². The molecule has 2 atom stereocenters. The smallest absolute Gasteiger partial charge is 0.329 e. The van der Waals surface area contributed by atoms with E-state index in [-0.39, 0.29) is 12.3 Å². The van der Waals surface area contributed by atoms with Crippen LogP contribution in [0.25, 0.3) is 0 Å². The largest absolute Gasteiger partial charge is 0.460 e. The molecule has 1 aromatic carbocycles. The number of carbonyl (C=O) groups excluding carboxylic acids is 2. The van der Waals surface area contributed by atoms with Gasteiger partial charge in [-0.2, -0.15) is 0 Å². The fourth-order valence-corrected chi connectivity index (χ4v) is 2.35. The molecule has 5 nitrogen and oxygen atoms in total. The zero-order chi connectivity index (χ0) is 19.0. The maximum absolute atomic E-state index is 12.3. The van der Waals surface area contributed by atoms with Crippen molar-refractivity contribution in [3.8, 4) is 0 Å². The Morgan fingerprint density at radius 2 is 1.80 bits per heavy atom. The first-order chi connectivity index (χ1) is 11.6. The van der Waals surface area contributed by atoms with Gasteiger partial charge in [0.05, 0.1) is 6.04 Å². The van der Waals surface area contributed by atoms with E-state index in [1.165, 1.54) is 0 Å². The Morgan fingerprint density at radius 1 is 1.20 bits per heavy atom. The normalized spacial score (nSPS) is 14.0. The van der Waals surface area contributed by atoms with E-state index in [9.17, 15) is 9.59 Å². The summed E-state index contributed by atoms with van der Waals surface area (Å²) in [4.78, 5) is 24.6. The van der Waals surface area contributed by atoms with Crippen LogP contribution in [0.4, 0.5) is 0 Å². The summed E-state index contributed by atoms with van der Waals surface area (Å²) in [6.45, 7) is 3.52. The summed E-state index contributed by atoms with van der Waals surface area (Å²) in [5.74, 6) is -0.842. The molecule has 0 fully saturated rings. The van der Waals surface area contributed by atoms with Crippen LogP contribution in [0.5, 0.6) is 0 Å². The highest BCUT2D eigenvalue weighted by molar-refractivity contribution is 6.67. The van der Waals surface area contributed by atoms with Gasteiger partial charge in [-0.05, 0) is 17.9 Å². The Morgan fingerprint density at radius 3 is 2.32 bits per heavy atom. The molecule has 0 spiro atoms. The topological polar surface area (TPSA) is 81.4 Å². The van der Waals surface area contributed by atoms with Gasteiger partial charge in [-0.15, -0.1) is 0 Å². The summed E-state index contributed by atoms with van der Waals surface area (Å²) in [5, 5.41) is 2.64. The SMILES string of the molecule is CC(C)C[C@H](N)C(=O)N[C@H](Cc1ccccc1)C(=O)OCC(Cl)(Cl)Cl. The van der Waals surface area contributed by atoms with E-state index in [2.05, 4.69) is 5.32 Å². The molecule has 8 heteroatoms. The average Bonchev–Trinajstić information content (AvgIpc) is 2.51. The predicted octanol–water partition coefficient (Wildman–Crippen LogP) is 3.00. The Bertz CT molecular complexity index is 562. The molecule has 140 valence electrons. The number of hydrogen-bond donors (Lipinski definition) is 2. The van der Waals surface area contributed by atoms with E-state index in [4.69, 9.17) is 45.3 Å². The third kappa shape index (κ3) is 9.31. The minimum absolute atomic E-state index is 0.250. The van der Waals surface area contributed by atoms with Crippen molar-refractivity contribution in [2.24, 2.45) is 11.7 Å². The highest BCUT2D eigenvalue weighted by atomic mass is 35.6. The Balaban J connectivity index is 2.80. The fraction of sp³-hybridized carbons (Fsp3) is 0.529. The van der Waals surface area contributed by atoms with E-state index in [0.717, 1.165) is 5.56 Å². The summed E-state index contributed by atoms with van der Waals surface area (Å²) in [7, 11) is 0. The number of amides is 1. The standard InChI is InChI=1S/C17H23Cl3N2O3/c1-11(2)8-13(21)15(23)22-14(9-12-6-4-3-5-7-12)16(24)25-10-17(18,19)20/h3-7,11,13-14H,8-10,21H2,1-2H3,(H,22,23)/t13-,14+/m0/s1. The van der Waals surface area contributed by atoms with Crippen molar-refractivity contribution in [2.75, 3.05) is 6.61 Å². The van der Waals surface area contributed by atoms with Gasteiger partial charge in [0, 0.05) is 6.42 Å². The number of benzene rings is 1. The van der Waals surface area contributed by atoms with Crippen molar-refractivity contribution in [1.29, 1.82) is 0 Å². The first-order valence-corrected chi connectivity index (χ1v) is 9.05. The van der Waals surface area contributed by atoms with E-state index in [1.807, 2.05) is 44.2 Å². The van der Waals surface area contributed by atoms with Crippen LogP contribution >= 0.6 is 34.8 Å². The zero-order valence-corrected chi connectivity index (χ0v) is 16.4. The lowest BCUT2D eigenvalue weighted by molar-refractivity contribution is -0.147. The predicted molar refractivity (Wildman–Crippen MR) is 101 cm³/mol. The summed E-state index contributed by atoms with van der Waals surface area (Å²) in [6.07, 6.45) is 0.757. The molecular weight excluding hydrogens is 387 g/mol. The number of nitrogens with two attached hydrogens (primary N) is 1. The lowest BCUT2D eigenvalue weighted by atomic mass is 10.0. The van der Waals surface area contributed by atoms with Gasteiger partial charge in [0.2, 0.25) is 9.70 Å². The Kier molecular flexibility index (Phi) is 9.00. The van der Waals surface area contributed by atoms with Gasteiger partial charge in [-0.25, -0.2) is 4.79 Å². The van der Waals surface area contributed by atoms with Gasteiger partial charge in [0.1, 0.15) is 12.6 Å². The highest BCUT2D eigenvalue weighted by Gasteiger charge is 2.29. The molecule has 0 aliphatic rings. The van der Waals surface area contributed by atoms with E-state index in [0.29, 0.717) is 6.42 Å². The van der Waals surface area contributed by atoms with Crippen LogP contribution < -0.4 is 11.1 Å². The summed E-state index contributed by atoms with van der Waals surface area (Å²) in [6, 6.07) is 7.60. The lowest BCUT2D eigenvalue weighted by Gasteiger charge is -2.22. The van der Waals surface area contributed by atoms with E-state index in [1.54, 1.807) is 0 Å². The molecule has 0 bridgehead atoms. The van der Waals surface area contributed by atoms with Crippen molar-refractivity contribution in [2.45, 2.75) is 42.6 Å².